The van der Waals surface area contributed by atoms with E-state index in [0.717, 1.165) is 18.4 Å². The lowest BCUT2D eigenvalue weighted by molar-refractivity contribution is 0.349. The van der Waals surface area contributed by atoms with Gasteiger partial charge in [-0.25, -0.2) is 8.42 Å². The van der Waals surface area contributed by atoms with Gasteiger partial charge in [0.1, 0.15) is 0 Å². The fourth-order valence-corrected chi connectivity index (χ4v) is 4.42. The molecule has 0 spiro atoms. The highest BCUT2D eigenvalue weighted by Gasteiger charge is 2.39. The number of hydrogen-bond donors (Lipinski definition) is 1. The molecule has 1 aliphatic rings. The van der Waals surface area contributed by atoms with Crippen LogP contribution >= 0.6 is 12.4 Å². The zero-order valence-corrected chi connectivity index (χ0v) is 13.6. The Labute approximate surface area is 127 Å². The molecule has 1 aromatic carbocycles. The minimum atomic E-state index is -3.38. The van der Waals surface area contributed by atoms with Gasteiger partial charge >= 0.3 is 0 Å². The third kappa shape index (κ3) is 3.17. The topological polar surface area (TPSA) is 63.4 Å². The van der Waals surface area contributed by atoms with E-state index in [4.69, 9.17) is 5.73 Å². The standard InChI is InChI=1S/C14H22N2O2S.ClH/c1-3-12-6-4-5-7-13(12)19(17,18)16-9-8-14(2,10-15)11-16;/h4-7H,3,8-11,15H2,1-2H3;1H. The molecule has 2 rings (SSSR count). The van der Waals surface area contributed by atoms with E-state index < -0.39 is 10.0 Å². The van der Waals surface area contributed by atoms with Gasteiger partial charge in [0.25, 0.3) is 0 Å². The van der Waals surface area contributed by atoms with Crippen molar-refractivity contribution >= 4 is 22.4 Å². The van der Waals surface area contributed by atoms with Crippen LogP contribution in [0.1, 0.15) is 25.8 Å². The van der Waals surface area contributed by atoms with Gasteiger partial charge in [0.2, 0.25) is 10.0 Å². The molecule has 1 fully saturated rings. The zero-order valence-electron chi connectivity index (χ0n) is 12.0. The second-order valence-electron chi connectivity index (χ2n) is 5.56. The number of hydrogen-bond acceptors (Lipinski definition) is 3. The highest BCUT2D eigenvalue weighted by molar-refractivity contribution is 7.89. The molecule has 4 nitrogen and oxygen atoms in total. The van der Waals surface area contributed by atoms with E-state index in [1.807, 2.05) is 26.0 Å². The van der Waals surface area contributed by atoms with Crippen LogP contribution in [-0.2, 0) is 16.4 Å². The summed E-state index contributed by atoms with van der Waals surface area (Å²) in [7, 11) is -3.38. The maximum atomic E-state index is 12.7. The maximum absolute atomic E-state index is 12.7. The highest BCUT2D eigenvalue weighted by atomic mass is 35.5. The average molecular weight is 319 g/mol. The van der Waals surface area contributed by atoms with Crippen molar-refractivity contribution in [3.05, 3.63) is 29.8 Å². The molecular formula is C14H23ClN2O2S. The molecule has 0 bridgehead atoms. The molecule has 20 heavy (non-hydrogen) atoms. The SMILES string of the molecule is CCc1ccccc1S(=O)(=O)N1CCC(C)(CN)C1.Cl. The third-order valence-corrected chi connectivity index (χ3v) is 5.93. The fourth-order valence-electron chi connectivity index (χ4n) is 2.54. The lowest BCUT2D eigenvalue weighted by Gasteiger charge is -2.23. The second kappa shape index (κ2) is 6.43. The average Bonchev–Trinajstić information content (AvgIpc) is 2.83. The number of rotatable bonds is 4. The van der Waals surface area contributed by atoms with Crippen molar-refractivity contribution < 1.29 is 8.42 Å². The summed E-state index contributed by atoms with van der Waals surface area (Å²) in [5.41, 5.74) is 6.54. The number of halogens is 1. The van der Waals surface area contributed by atoms with E-state index in [1.54, 1.807) is 16.4 Å². The molecule has 2 N–H and O–H groups in total. The van der Waals surface area contributed by atoms with E-state index in [1.165, 1.54) is 0 Å². The van der Waals surface area contributed by atoms with Crippen LogP contribution in [0.5, 0.6) is 0 Å². The summed E-state index contributed by atoms with van der Waals surface area (Å²) in [6, 6.07) is 7.24. The fraction of sp³-hybridized carbons (Fsp3) is 0.571. The van der Waals surface area contributed by atoms with Gasteiger partial charge < -0.3 is 5.73 Å². The summed E-state index contributed by atoms with van der Waals surface area (Å²) >= 11 is 0. The minimum Gasteiger partial charge on any atom is -0.330 e. The van der Waals surface area contributed by atoms with Gasteiger partial charge in [-0.05, 0) is 36.4 Å². The summed E-state index contributed by atoms with van der Waals surface area (Å²) < 4.78 is 27.0. The van der Waals surface area contributed by atoms with Crippen LogP contribution in [0.4, 0.5) is 0 Å². The normalized spacial score (nSPS) is 23.6. The summed E-state index contributed by atoms with van der Waals surface area (Å²) in [6.07, 6.45) is 1.55. The molecule has 0 radical (unpaired) electrons. The van der Waals surface area contributed by atoms with Crippen LogP contribution in [0, 0.1) is 5.41 Å². The second-order valence-corrected chi connectivity index (χ2v) is 7.47. The van der Waals surface area contributed by atoms with Gasteiger partial charge in [0.15, 0.2) is 0 Å². The summed E-state index contributed by atoms with van der Waals surface area (Å²) in [5.74, 6) is 0. The first-order chi connectivity index (χ1) is 8.93. The molecular weight excluding hydrogens is 296 g/mol. The number of benzene rings is 1. The number of nitrogens with two attached hydrogens (primary N) is 1. The molecule has 114 valence electrons. The van der Waals surface area contributed by atoms with Crippen LogP contribution in [0.2, 0.25) is 0 Å². The van der Waals surface area contributed by atoms with Gasteiger partial charge in [-0.3, -0.25) is 0 Å². The lowest BCUT2D eigenvalue weighted by Crippen LogP contribution is -2.34. The van der Waals surface area contributed by atoms with E-state index >= 15 is 0 Å². The van der Waals surface area contributed by atoms with E-state index in [0.29, 0.717) is 24.5 Å². The van der Waals surface area contributed by atoms with E-state index in [-0.39, 0.29) is 17.8 Å². The van der Waals surface area contributed by atoms with Crippen LogP contribution in [0.15, 0.2) is 29.2 Å². The first-order valence-electron chi connectivity index (χ1n) is 6.71. The van der Waals surface area contributed by atoms with Crippen molar-refractivity contribution in [1.82, 2.24) is 4.31 Å². The summed E-state index contributed by atoms with van der Waals surface area (Å²) in [4.78, 5) is 0.443. The van der Waals surface area contributed by atoms with Gasteiger partial charge in [-0.1, -0.05) is 32.0 Å². The first-order valence-corrected chi connectivity index (χ1v) is 8.15. The van der Waals surface area contributed by atoms with Gasteiger partial charge in [0, 0.05) is 13.1 Å². The van der Waals surface area contributed by atoms with Crippen molar-refractivity contribution in [2.45, 2.75) is 31.6 Å². The molecule has 1 aliphatic heterocycles. The van der Waals surface area contributed by atoms with Crippen molar-refractivity contribution in [2.75, 3.05) is 19.6 Å². The number of nitrogens with zero attached hydrogens (tertiary/aromatic N) is 1. The molecule has 0 amide bonds. The minimum absolute atomic E-state index is 0. The zero-order chi connectivity index (χ0) is 14.1. The Balaban J connectivity index is 0.00000200. The van der Waals surface area contributed by atoms with Crippen molar-refractivity contribution in [1.29, 1.82) is 0 Å². The Kier molecular flexibility index (Phi) is 5.61. The van der Waals surface area contributed by atoms with E-state index in [9.17, 15) is 8.42 Å². The van der Waals surface area contributed by atoms with Crippen LogP contribution < -0.4 is 5.73 Å². The monoisotopic (exact) mass is 318 g/mol. The first kappa shape index (κ1) is 17.4. The Morgan fingerprint density at radius 2 is 2.00 bits per heavy atom. The molecule has 0 aliphatic carbocycles. The summed E-state index contributed by atoms with van der Waals surface area (Å²) in [5, 5.41) is 0. The van der Waals surface area contributed by atoms with Crippen LogP contribution in [0.3, 0.4) is 0 Å². The molecule has 1 heterocycles. The Morgan fingerprint density at radius 3 is 2.55 bits per heavy atom. The van der Waals surface area contributed by atoms with Gasteiger partial charge in [-0.15, -0.1) is 12.4 Å². The predicted octanol–water partition coefficient (Wildman–Crippen LogP) is 2.03. The highest BCUT2D eigenvalue weighted by Crippen LogP contribution is 2.33. The molecule has 0 aromatic heterocycles. The third-order valence-electron chi connectivity index (χ3n) is 3.99. The van der Waals surface area contributed by atoms with Crippen molar-refractivity contribution in [3.8, 4) is 0 Å². The predicted molar refractivity (Wildman–Crippen MR) is 83.6 cm³/mol. The molecule has 1 unspecified atom stereocenters. The summed E-state index contributed by atoms with van der Waals surface area (Å²) in [6.45, 7) is 5.63. The van der Waals surface area contributed by atoms with Crippen molar-refractivity contribution in [2.24, 2.45) is 11.1 Å². The quantitative estimate of drug-likeness (QED) is 0.924. The Hall–Kier alpha value is -0.620. The molecule has 1 atom stereocenters. The van der Waals surface area contributed by atoms with Crippen LogP contribution in [0.25, 0.3) is 0 Å². The molecule has 1 aromatic rings. The Morgan fingerprint density at radius 1 is 1.35 bits per heavy atom. The molecule has 0 saturated carbocycles. The number of sulfonamides is 1. The van der Waals surface area contributed by atoms with Crippen molar-refractivity contribution in [3.63, 3.8) is 0 Å². The van der Waals surface area contributed by atoms with E-state index in [2.05, 4.69) is 0 Å². The molecule has 6 heteroatoms. The smallest absolute Gasteiger partial charge is 0.243 e. The lowest BCUT2D eigenvalue weighted by atomic mass is 9.90. The van der Waals surface area contributed by atoms with Gasteiger partial charge in [-0.2, -0.15) is 4.31 Å². The maximum Gasteiger partial charge on any atom is 0.243 e. The molecule has 1 saturated heterocycles. The van der Waals surface area contributed by atoms with Gasteiger partial charge in [0.05, 0.1) is 4.90 Å². The largest absolute Gasteiger partial charge is 0.330 e. The number of aryl methyl sites for hydroxylation is 1. The Bertz CT molecular complexity index is 562. The van der Waals surface area contributed by atoms with Crippen LogP contribution in [-0.4, -0.2) is 32.4 Å².